The van der Waals surface area contributed by atoms with Crippen LogP contribution in [0.5, 0.6) is 0 Å². The van der Waals surface area contributed by atoms with Crippen molar-refractivity contribution in [1.82, 2.24) is 14.8 Å². The Kier molecular flexibility index (Phi) is 3.10. The highest BCUT2D eigenvalue weighted by molar-refractivity contribution is 5.88. The van der Waals surface area contributed by atoms with Crippen LogP contribution >= 0.6 is 0 Å². The molecule has 0 aliphatic heterocycles. The van der Waals surface area contributed by atoms with Gasteiger partial charge in [-0.25, -0.2) is 18.9 Å². The van der Waals surface area contributed by atoms with Gasteiger partial charge in [-0.05, 0) is 31.5 Å². The summed E-state index contributed by atoms with van der Waals surface area (Å²) in [4.78, 5) is 15.0. The Labute approximate surface area is 103 Å². The molecule has 0 aliphatic rings. The number of carboxylic acid groups (broad SMARTS) is 1. The minimum atomic E-state index is -1.28. The van der Waals surface area contributed by atoms with Gasteiger partial charge in [0.1, 0.15) is 17.5 Å². The Balaban J connectivity index is 2.32. The molecule has 0 spiro atoms. The number of nitrogens with zero attached hydrogens (tertiary/aromatic N) is 3. The first-order valence-corrected chi connectivity index (χ1v) is 5.37. The van der Waals surface area contributed by atoms with Crippen LogP contribution in [0.1, 0.15) is 27.6 Å². The van der Waals surface area contributed by atoms with Crippen molar-refractivity contribution < 1.29 is 14.3 Å². The Morgan fingerprint density at radius 3 is 2.72 bits per heavy atom. The molecule has 6 heteroatoms. The lowest BCUT2D eigenvalue weighted by Gasteiger charge is -2.05. The van der Waals surface area contributed by atoms with Gasteiger partial charge < -0.3 is 5.11 Å². The normalized spacial score (nSPS) is 10.6. The molecule has 2 aromatic rings. The van der Waals surface area contributed by atoms with E-state index in [0.717, 1.165) is 11.9 Å². The number of carbonyl (C=O) groups is 1. The van der Waals surface area contributed by atoms with Crippen LogP contribution in [-0.2, 0) is 6.54 Å². The van der Waals surface area contributed by atoms with Crippen LogP contribution in [0.15, 0.2) is 18.2 Å². The summed E-state index contributed by atoms with van der Waals surface area (Å²) in [5.74, 6) is -0.639. The fourth-order valence-corrected chi connectivity index (χ4v) is 1.72. The van der Waals surface area contributed by atoms with Gasteiger partial charge in [0.15, 0.2) is 0 Å². The zero-order valence-corrected chi connectivity index (χ0v) is 10.0. The number of halogens is 1. The van der Waals surface area contributed by atoms with Gasteiger partial charge in [0.2, 0.25) is 0 Å². The first-order valence-electron chi connectivity index (χ1n) is 5.37. The van der Waals surface area contributed by atoms with Crippen LogP contribution in [0.4, 0.5) is 4.39 Å². The highest BCUT2D eigenvalue weighted by Crippen LogP contribution is 2.12. The number of hydrogen-bond donors (Lipinski definition) is 1. The van der Waals surface area contributed by atoms with E-state index in [9.17, 15) is 9.18 Å². The maximum atomic E-state index is 13.2. The summed E-state index contributed by atoms with van der Waals surface area (Å²) in [5.41, 5.74) is 0.337. The zero-order chi connectivity index (χ0) is 13.3. The second kappa shape index (κ2) is 4.56. The van der Waals surface area contributed by atoms with E-state index in [0.29, 0.717) is 17.9 Å². The zero-order valence-electron chi connectivity index (χ0n) is 10.0. The van der Waals surface area contributed by atoms with Crippen molar-refractivity contribution in [3.8, 4) is 0 Å². The molecule has 1 aromatic carbocycles. The third-order valence-corrected chi connectivity index (χ3v) is 2.56. The molecule has 2 rings (SSSR count). The molecule has 0 saturated heterocycles. The molecule has 0 radical (unpaired) electrons. The lowest BCUT2D eigenvalue weighted by molar-refractivity contribution is 0.0691. The monoisotopic (exact) mass is 249 g/mol. The summed E-state index contributed by atoms with van der Waals surface area (Å²) in [6, 6.07) is 4.00. The van der Waals surface area contributed by atoms with Crippen molar-refractivity contribution in [3.05, 3.63) is 46.8 Å². The average Bonchev–Trinajstić information content (AvgIpc) is 2.60. The quantitative estimate of drug-likeness (QED) is 0.900. The lowest BCUT2D eigenvalue weighted by Crippen LogP contribution is -2.07. The minimum Gasteiger partial charge on any atom is -0.478 e. The molecule has 0 fully saturated rings. The van der Waals surface area contributed by atoms with Gasteiger partial charge in [-0.1, -0.05) is 6.07 Å². The molecule has 1 N–H and O–H groups in total. The number of aryl methyl sites for hydroxylation is 2. The maximum Gasteiger partial charge on any atom is 0.338 e. The van der Waals surface area contributed by atoms with Crippen LogP contribution in [0.2, 0.25) is 0 Å². The third kappa shape index (κ3) is 2.37. The van der Waals surface area contributed by atoms with E-state index in [4.69, 9.17) is 5.11 Å². The lowest BCUT2D eigenvalue weighted by atomic mass is 10.1. The van der Waals surface area contributed by atoms with Gasteiger partial charge in [0.05, 0.1) is 12.1 Å². The summed E-state index contributed by atoms with van der Waals surface area (Å²) in [7, 11) is 0. The van der Waals surface area contributed by atoms with Gasteiger partial charge in [-0.3, -0.25) is 0 Å². The molecule has 0 amide bonds. The second-order valence-electron chi connectivity index (χ2n) is 3.98. The van der Waals surface area contributed by atoms with E-state index in [-0.39, 0.29) is 5.56 Å². The Morgan fingerprint density at radius 1 is 1.44 bits per heavy atom. The number of benzene rings is 1. The molecule has 1 heterocycles. The van der Waals surface area contributed by atoms with Crippen molar-refractivity contribution in [1.29, 1.82) is 0 Å². The summed E-state index contributed by atoms with van der Waals surface area (Å²) < 4.78 is 14.9. The predicted molar refractivity (Wildman–Crippen MR) is 62.0 cm³/mol. The third-order valence-electron chi connectivity index (χ3n) is 2.56. The van der Waals surface area contributed by atoms with Crippen LogP contribution in [-0.4, -0.2) is 25.8 Å². The van der Waals surface area contributed by atoms with Crippen LogP contribution in [0.3, 0.4) is 0 Å². The molecular weight excluding hydrogens is 237 g/mol. The first kappa shape index (κ1) is 12.2. The molecule has 0 aliphatic carbocycles. The summed E-state index contributed by atoms with van der Waals surface area (Å²) in [6.07, 6.45) is 0. The predicted octanol–water partition coefficient (Wildman–Crippen LogP) is 1.78. The molecule has 5 nitrogen and oxygen atoms in total. The number of hydrogen-bond acceptors (Lipinski definition) is 3. The fourth-order valence-electron chi connectivity index (χ4n) is 1.72. The van der Waals surface area contributed by atoms with Crippen molar-refractivity contribution in [2.24, 2.45) is 0 Å². The SMILES string of the molecule is Cc1nc(C)n(Cc2ccc(F)c(C(=O)O)c2)n1. The average molecular weight is 249 g/mol. The van der Waals surface area contributed by atoms with Gasteiger partial charge in [-0.15, -0.1) is 0 Å². The van der Waals surface area contributed by atoms with Gasteiger partial charge in [0.25, 0.3) is 0 Å². The Morgan fingerprint density at radius 2 is 2.17 bits per heavy atom. The fraction of sp³-hybridized carbons (Fsp3) is 0.250. The number of carboxylic acids is 1. The molecular formula is C12H12FN3O2. The van der Waals surface area contributed by atoms with Crippen molar-refractivity contribution >= 4 is 5.97 Å². The molecule has 18 heavy (non-hydrogen) atoms. The molecule has 0 unspecified atom stereocenters. The largest absolute Gasteiger partial charge is 0.478 e. The number of rotatable bonds is 3. The molecule has 0 bridgehead atoms. The van der Waals surface area contributed by atoms with Crippen LogP contribution < -0.4 is 0 Å². The Bertz CT molecular complexity index is 607. The van der Waals surface area contributed by atoms with Crippen molar-refractivity contribution in [2.75, 3.05) is 0 Å². The van der Waals surface area contributed by atoms with Gasteiger partial charge >= 0.3 is 5.97 Å². The first-order chi connectivity index (χ1) is 8.47. The van der Waals surface area contributed by atoms with E-state index >= 15 is 0 Å². The molecule has 1 aromatic heterocycles. The molecule has 0 atom stereocenters. The van der Waals surface area contributed by atoms with Crippen LogP contribution in [0, 0.1) is 19.7 Å². The second-order valence-corrected chi connectivity index (χ2v) is 3.98. The standard InChI is InChI=1S/C12H12FN3O2/c1-7-14-8(2)16(15-7)6-9-3-4-11(13)10(5-9)12(17)18/h3-5H,6H2,1-2H3,(H,17,18). The summed E-state index contributed by atoms with van der Waals surface area (Å²) >= 11 is 0. The number of aromatic carboxylic acids is 1. The van der Waals surface area contributed by atoms with E-state index in [2.05, 4.69) is 10.1 Å². The Hall–Kier alpha value is -2.24. The smallest absolute Gasteiger partial charge is 0.338 e. The minimum absolute atomic E-state index is 0.331. The topological polar surface area (TPSA) is 68.0 Å². The summed E-state index contributed by atoms with van der Waals surface area (Å²) in [5, 5.41) is 13.0. The molecule has 0 saturated carbocycles. The van der Waals surface area contributed by atoms with Crippen molar-refractivity contribution in [3.63, 3.8) is 0 Å². The highest BCUT2D eigenvalue weighted by atomic mass is 19.1. The summed E-state index contributed by atoms with van der Waals surface area (Å²) in [6.45, 7) is 3.95. The molecule has 94 valence electrons. The van der Waals surface area contributed by atoms with Crippen LogP contribution in [0.25, 0.3) is 0 Å². The maximum absolute atomic E-state index is 13.2. The van der Waals surface area contributed by atoms with Gasteiger partial charge in [0, 0.05) is 0 Å². The number of aromatic nitrogens is 3. The van der Waals surface area contributed by atoms with E-state index < -0.39 is 11.8 Å². The highest BCUT2D eigenvalue weighted by Gasteiger charge is 2.11. The van der Waals surface area contributed by atoms with Gasteiger partial charge in [-0.2, -0.15) is 5.10 Å². The van der Waals surface area contributed by atoms with E-state index in [1.807, 2.05) is 6.92 Å². The van der Waals surface area contributed by atoms with E-state index in [1.54, 1.807) is 11.6 Å². The van der Waals surface area contributed by atoms with Crippen molar-refractivity contribution in [2.45, 2.75) is 20.4 Å². The van der Waals surface area contributed by atoms with E-state index in [1.165, 1.54) is 12.1 Å².